The fourth-order valence-electron chi connectivity index (χ4n) is 1.53. The van der Waals surface area contributed by atoms with Crippen LogP contribution in [0.5, 0.6) is 0 Å². The van der Waals surface area contributed by atoms with Crippen LogP contribution in [0.4, 0.5) is 0 Å². The second-order valence-electron chi connectivity index (χ2n) is 3.79. The predicted molar refractivity (Wildman–Crippen MR) is 76.3 cm³/mol. The number of imidazole rings is 1. The van der Waals surface area contributed by atoms with Gasteiger partial charge in [-0.3, -0.25) is 4.79 Å². The van der Waals surface area contributed by atoms with E-state index < -0.39 is 0 Å². The number of benzene rings is 1. The lowest BCUT2D eigenvalue weighted by molar-refractivity contribution is 0.0937. The van der Waals surface area contributed by atoms with Gasteiger partial charge in [-0.2, -0.15) is 0 Å². The number of halogens is 2. The Bertz CT molecular complexity index is 554. The maximum absolute atomic E-state index is 12.1. The van der Waals surface area contributed by atoms with Crippen LogP contribution in [-0.2, 0) is 0 Å². The Kier molecular flexibility index (Phi) is 4.19. The van der Waals surface area contributed by atoms with Crippen LogP contribution < -0.4 is 5.32 Å². The van der Waals surface area contributed by atoms with Crippen molar-refractivity contribution in [2.45, 2.75) is 13.0 Å². The van der Waals surface area contributed by atoms with Gasteiger partial charge in [-0.15, -0.1) is 0 Å². The number of aromatic nitrogens is 2. The molecule has 4 nitrogen and oxygen atoms in total. The molecule has 2 rings (SSSR count). The number of nitrogens with zero attached hydrogens (tertiary/aromatic N) is 1. The summed E-state index contributed by atoms with van der Waals surface area (Å²) in [6, 6.07) is 5.31. The van der Waals surface area contributed by atoms with Crippen LogP contribution in [0.2, 0.25) is 0 Å². The molecule has 0 radical (unpaired) electrons. The second kappa shape index (κ2) is 5.67. The summed E-state index contributed by atoms with van der Waals surface area (Å²) < 4.78 is 1.62. The zero-order valence-electron chi connectivity index (χ0n) is 9.58. The van der Waals surface area contributed by atoms with Gasteiger partial charge >= 0.3 is 0 Å². The van der Waals surface area contributed by atoms with Gasteiger partial charge in [0.05, 0.1) is 11.6 Å². The summed E-state index contributed by atoms with van der Waals surface area (Å²) in [6.07, 6.45) is 3.39. The van der Waals surface area contributed by atoms with Gasteiger partial charge in [-0.1, -0.05) is 15.9 Å². The number of hydrogen-bond acceptors (Lipinski definition) is 2. The van der Waals surface area contributed by atoms with Gasteiger partial charge < -0.3 is 10.3 Å². The minimum absolute atomic E-state index is 0.146. The van der Waals surface area contributed by atoms with Gasteiger partial charge in [-0.05, 0) is 41.1 Å². The van der Waals surface area contributed by atoms with E-state index in [2.05, 4.69) is 47.1 Å². The third-order valence-electron chi connectivity index (χ3n) is 2.45. The Labute approximate surface area is 121 Å². The first-order valence-corrected chi connectivity index (χ1v) is 6.91. The number of hydrogen-bond donors (Lipinski definition) is 2. The molecule has 1 amide bonds. The Morgan fingerprint density at radius 1 is 1.44 bits per heavy atom. The molecule has 2 N–H and O–H groups in total. The zero-order valence-corrected chi connectivity index (χ0v) is 12.7. The summed E-state index contributed by atoms with van der Waals surface area (Å²) in [5, 5.41) is 2.88. The molecule has 1 heterocycles. The topological polar surface area (TPSA) is 57.8 Å². The average molecular weight is 373 g/mol. The molecule has 1 aromatic heterocycles. The van der Waals surface area contributed by atoms with Crippen molar-refractivity contribution >= 4 is 37.8 Å². The predicted octanol–water partition coefficient (Wildman–Crippen LogP) is 3.43. The minimum atomic E-state index is -0.168. The molecule has 0 spiro atoms. The van der Waals surface area contributed by atoms with Crippen molar-refractivity contribution in [3.8, 4) is 0 Å². The number of amides is 1. The second-order valence-corrected chi connectivity index (χ2v) is 5.56. The Balaban J connectivity index is 2.15. The van der Waals surface area contributed by atoms with E-state index in [1.165, 1.54) is 0 Å². The standard InChI is InChI=1S/C12H11Br2N3O/c1-7(11-15-4-5-16-11)17-12(18)9-6-8(13)2-3-10(9)14/h2-7H,1H3,(H,15,16)(H,17,18). The Hall–Kier alpha value is -1.14. The maximum atomic E-state index is 12.1. The lowest BCUT2D eigenvalue weighted by Crippen LogP contribution is -2.27. The van der Waals surface area contributed by atoms with Crippen LogP contribution in [0.25, 0.3) is 0 Å². The normalized spacial score (nSPS) is 12.2. The van der Waals surface area contributed by atoms with Crippen LogP contribution in [0.15, 0.2) is 39.5 Å². The molecule has 6 heteroatoms. The van der Waals surface area contributed by atoms with Gasteiger partial charge in [0, 0.05) is 21.3 Å². The van der Waals surface area contributed by atoms with Crippen molar-refractivity contribution in [1.29, 1.82) is 0 Å². The highest BCUT2D eigenvalue weighted by Gasteiger charge is 2.15. The van der Waals surface area contributed by atoms with Crippen LogP contribution >= 0.6 is 31.9 Å². The highest BCUT2D eigenvalue weighted by Crippen LogP contribution is 2.22. The lowest BCUT2D eigenvalue weighted by Gasteiger charge is -2.12. The first-order valence-electron chi connectivity index (χ1n) is 5.33. The van der Waals surface area contributed by atoms with E-state index in [1.807, 2.05) is 19.1 Å². The molecule has 1 unspecified atom stereocenters. The van der Waals surface area contributed by atoms with Crippen molar-refractivity contribution in [2.75, 3.05) is 0 Å². The number of carbonyl (C=O) groups is 1. The zero-order chi connectivity index (χ0) is 13.1. The molecule has 1 atom stereocenters. The molecule has 1 aromatic carbocycles. The van der Waals surface area contributed by atoms with Crippen molar-refractivity contribution in [3.63, 3.8) is 0 Å². The third-order valence-corrected chi connectivity index (χ3v) is 3.63. The number of rotatable bonds is 3. The monoisotopic (exact) mass is 371 g/mol. The highest BCUT2D eigenvalue weighted by atomic mass is 79.9. The number of carbonyl (C=O) groups excluding carboxylic acids is 1. The summed E-state index contributed by atoms with van der Waals surface area (Å²) in [6.45, 7) is 1.88. The first kappa shape index (κ1) is 13.3. The third kappa shape index (κ3) is 3.00. The van der Waals surface area contributed by atoms with E-state index in [-0.39, 0.29) is 11.9 Å². The van der Waals surface area contributed by atoms with E-state index in [0.717, 1.165) is 14.8 Å². The van der Waals surface area contributed by atoms with E-state index in [9.17, 15) is 4.79 Å². The largest absolute Gasteiger partial charge is 0.347 e. The van der Waals surface area contributed by atoms with Gasteiger partial charge in [-0.25, -0.2) is 4.98 Å². The molecular formula is C12H11Br2N3O. The summed E-state index contributed by atoms with van der Waals surface area (Å²) in [7, 11) is 0. The van der Waals surface area contributed by atoms with Crippen molar-refractivity contribution in [1.82, 2.24) is 15.3 Å². The molecule has 0 aliphatic carbocycles. The minimum Gasteiger partial charge on any atom is -0.347 e. The van der Waals surface area contributed by atoms with Gasteiger partial charge in [0.1, 0.15) is 5.82 Å². The summed E-state index contributed by atoms with van der Waals surface area (Å²) in [5.41, 5.74) is 0.586. The van der Waals surface area contributed by atoms with Gasteiger partial charge in [0.25, 0.3) is 5.91 Å². The van der Waals surface area contributed by atoms with Crippen molar-refractivity contribution in [2.24, 2.45) is 0 Å². The van der Waals surface area contributed by atoms with E-state index >= 15 is 0 Å². The molecule has 18 heavy (non-hydrogen) atoms. The number of aromatic amines is 1. The van der Waals surface area contributed by atoms with E-state index in [1.54, 1.807) is 18.5 Å². The first-order chi connectivity index (χ1) is 8.58. The lowest BCUT2D eigenvalue weighted by atomic mass is 10.2. The average Bonchev–Trinajstić information content (AvgIpc) is 2.85. The van der Waals surface area contributed by atoms with Crippen LogP contribution in [-0.4, -0.2) is 15.9 Å². The Morgan fingerprint density at radius 2 is 2.22 bits per heavy atom. The number of nitrogens with one attached hydrogen (secondary N) is 2. The van der Waals surface area contributed by atoms with Crippen LogP contribution in [0, 0.1) is 0 Å². The fraction of sp³-hybridized carbons (Fsp3) is 0.167. The number of H-pyrrole nitrogens is 1. The van der Waals surface area contributed by atoms with E-state index in [0.29, 0.717) is 5.56 Å². The molecular weight excluding hydrogens is 362 g/mol. The molecule has 0 bridgehead atoms. The smallest absolute Gasteiger partial charge is 0.253 e. The maximum Gasteiger partial charge on any atom is 0.253 e. The molecule has 0 saturated heterocycles. The molecule has 0 saturated carbocycles. The molecule has 0 fully saturated rings. The Morgan fingerprint density at radius 3 is 2.89 bits per heavy atom. The summed E-state index contributed by atoms with van der Waals surface area (Å²) >= 11 is 6.71. The van der Waals surface area contributed by atoms with Crippen LogP contribution in [0.3, 0.4) is 0 Å². The fourth-order valence-corrected chi connectivity index (χ4v) is 2.32. The highest BCUT2D eigenvalue weighted by molar-refractivity contribution is 9.11. The van der Waals surface area contributed by atoms with Gasteiger partial charge in [0.2, 0.25) is 0 Å². The SMILES string of the molecule is CC(NC(=O)c1cc(Br)ccc1Br)c1ncc[nH]1. The summed E-state index contributed by atoms with van der Waals surface area (Å²) in [4.78, 5) is 19.2. The molecule has 0 aliphatic rings. The summed E-state index contributed by atoms with van der Waals surface area (Å²) in [5.74, 6) is 0.585. The molecule has 94 valence electrons. The van der Waals surface area contributed by atoms with Crippen molar-refractivity contribution < 1.29 is 4.79 Å². The van der Waals surface area contributed by atoms with Crippen molar-refractivity contribution in [3.05, 3.63) is 50.9 Å². The molecule has 0 aliphatic heterocycles. The quantitative estimate of drug-likeness (QED) is 0.867. The molecule has 2 aromatic rings. The van der Waals surface area contributed by atoms with Crippen LogP contribution in [0.1, 0.15) is 29.1 Å². The van der Waals surface area contributed by atoms with E-state index in [4.69, 9.17) is 0 Å². The van der Waals surface area contributed by atoms with Gasteiger partial charge in [0.15, 0.2) is 0 Å².